The zero-order valence-electron chi connectivity index (χ0n) is 10.6. The molecule has 1 saturated heterocycles. The van der Waals surface area contributed by atoms with E-state index in [4.69, 9.17) is 44.6 Å². The van der Waals surface area contributed by atoms with E-state index in [0.29, 0.717) is 0 Å². The van der Waals surface area contributed by atoms with Crippen molar-refractivity contribution >= 4 is 52.5 Å². The Kier molecular flexibility index (Phi) is 5.16. The fourth-order valence-electron chi connectivity index (χ4n) is 1.86. The van der Waals surface area contributed by atoms with Crippen molar-refractivity contribution in [1.29, 1.82) is 0 Å². The van der Waals surface area contributed by atoms with E-state index in [-0.39, 0.29) is 40.5 Å². The number of urea groups is 1. The van der Waals surface area contributed by atoms with E-state index in [1.165, 1.54) is 17.0 Å². The Morgan fingerprint density at radius 1 is 1.24 bits per heavy atom. The van der Waals surface area contributed by atoms with Gasteiger partial charge in [-0.3, -0.25) is 0 Å². The van der Waals surface area contributed by atoms with Gasteiger partial charge in [-0.25, -0.2) is 9.59 Å². The summed E-state index contributed by atoms with van der Waals surface area (Å²) in [6, 6.07) is 1.17. The Balaban J connectivity index is 2.17. The van der Waals surface area contributed by atoms with Crippen LogP contribution in [0.15, 0.2) is 12.1 Å². The van der Waals surface area contributed by atoms with Crippen molar-refractivity contribution in [3.8, 4) is 0 Å². The number of nitrogens with zero attached hydrogens (tertiary/aromatic N) is 1. The van der Waals surface area contributed by atoms with E-state index in [1.54, 1.807) is 0 Å². The zero-order chi connectivity index (χ0) is 15.6. The number of carbonyl (C=O) groups is 2. The largest absolute Gasteiger partial charge is 0.480 e. The Labute approximate surface area is 135 Å². The van der Waals surface area contributed by atoms with Crippen molar-refractivity contribution < 1.29 is 19.4 Å². The van der Waals surface area contributed by atoms with Crippen LogP contribution in [0, 0.1) is 0 Å². The van der Waals surface area contributed by atoms with Crippen molar-refractivity contribution in [2.75, 3.05) is 25.1 Å². The standard InChI is InChI=1S/C12H11Cl3N2O4/c13-6-3-8(15)9(4-7(6)14)16-12(20)17-1-2-21-5-10(17)11(18)19/h3-4,10H,1-2,5H2,(H,16,20)(H,18,19). The number of carbonyl (C=O) groups excluding carboxylic acids is 1. The van der Waals surface area contributed by atoms with E-state index >= 15 is 0 Å². The van der Waals surface area contributed by atoms with Crippen molar-refractivity contribution in [2.45, 2.75) is 6.04 Å². The van der Waals surface area contributed by atoms with E-state index in [1.807, 2.05) is 0 Å². The van der Waals surface area contributed by atoms with Crippen LogP contribution in [0.4, 0.5) is 10.5 Å². The minimum Gasteiger partial charge on any atom is -0.480 e. The van der Waals surface area contributed by atoms with Crippen LogP contribution in [0.25, 0.3) is 0 Å². The van der Waals surface area contributed by atoms with Crippen LogP contribution in [-0.4, -0.2) is 47.8 Å². The average molecular weight is 354 g/mol. The molecular weight excluding hydrogens is 343 g/mol. The number of ether oxygens (including phenoxy) is 1. The highest BCUT2D eigenvalue weighted by molar-refractivity contribution is 6.44. The number of carboxylic acids is 1. The summed E-state index contributed by atoms with van der Waals surface area (Å²) in [5, 5.41) is 12.3. The molecule has 2 N–H and O–H groups in total. The molecule has 21 heavy (non-hydrogen) atoms. The Morgan fingerprint density at radius 3 is 2.57 bits per heavy atom. The third-order valence-electron chi connectivity index (χ3n) is 2.93. The van der Waals surface area contributed by atoms with Crippen LogP contribution in [0.3, 0.4) is 0 Å². The number of aliphatic carboxylic acids is 1. The summed E-state index contributed by atoms with van der Waals surface area (Å²) >= 11 is 17.6. The maximum absolute atomic E-state index is 12.2. The minimum absolute atomic E-state index is 0.0577. The molecule has 6 nitrogen and oxygen atoms in total. The molecule has 0 spiro atoms. The van der Waals surface area contributed by atoms with Gasteiger partial charge in [-0.1, -0.05) is 34.8 Å². The van der Waals surface area contributed by atoms with Crippen LogP contribution < -0.4 is 5.32 Å². The first-order valence-electron chi connectivity index (χ1n) is 5.93. The second-order valence-corrected chi connectivity index (χ2v) is 5.52. The molecule has 0 saturated carbocycles. The molecule has 1 aliphatic heterocycles. The Morgan fingerprint density at radius 2 is 1.90 bits per heavy atom. The van der Waals surface area contributed by atoms with Crippen LogP contribution >= 0.6 is 34.8 Å². The third kappa shape index (κ3) is 3.71. The number of anilines is 1. The summed E-state index contributed by atoms with van der Waals surface area (Å²) in [5.41, 5.74) is 0.256. The summed E-state index contributed by atoms with van der Waals surface area (Å²) in [6.45, 7) is 0.381. The van der Waals surface area contributed by atoms with Crippen LogP contribution in [0.2, 0.25) is 15.1 Å². The van der Waals surface area contributed by atoms with Crippen molar-refractivity contribution in [3.05, 3.63) is 27.2 Å². The number of morpholine rings is 1. The summed E-state index contributed by atoms with van der Waals surface area (Å²) in [7, 11) is 0. The molecular formula is C12H11Cl3N2O4. The molecule has 0 aromatic heterocycles. The highest BCUT2D eigenvalue weighted by Crippen LogP contribution is 2.32. The summed E-state index contributed by atoms with van der Waals surface area (Å²) in [6.07, 6.45) is 0. The SMILES string of the molecule is O=C(O)C1COCCN1C(=O)Nc1cc(Cl)c(Cl)cc1Cl. The molecule has 2 rings (SSSR count). The predicted molar refractivity (Wildman–Crippen MR) is 79.4 cm³/mol. The number of hydrogen-bond acceptors (Lipinski definition) is 3. The first-order chi connectivity index (χ1) is 9.90. The second kappa shape index (κ2) is 6.70. The maximum Gasteiger partial charge on any atom is 0.328 e. The van der Waals surface area contributed by atoms with Crippen molar-refractivity contribution in [3.63, 3.8) is 0 Å². The number of rotatable bonds is 2. The molecule has 9 heteroatoms. The average Bonchev–Trinajstić information content (AvgIpc) is 2.44. The van der Waals surface area contributed by atoms with Gasteiger partial charge in [0, 0.05) is 6.54 Å². The topological polar surface area (TPSA) is 78.9 Å². The molecule has 0 aliphatic carbocycles. The molecule has 1 atom stereocenters. The van der Waals surface area contributed by atoms with Crippen LogP contribution in [-0.2, 0) is 9.53 Å². The van der Waals surface area contributed by atoms with Gasteiger partial charge in [-0.2, -0.15) is 0 Å². The quantitative estimate of drug-likeness (QED) is 0.801. The summed E-state index contributed by atoms with van der Waals surface area (Å²) < 4.78 is 5.07. The number of halogens is 3. The minimum atomic E-state index is -1.13. The first kappa shape index (κ1) is 16.2. The fourth-order valence-corrected chi connectivity index (χ4v) is 2.45. The Hall–Kier alpha value is -1.21. The molecule has 114 valence electrons. The van der Waals surface area contributed by atoms with Gasteiger partial charge in [-0.05, 0) is 12.1 Å². The van der Waals surface area contributed by atoms with Gasteiger partial charge in [-0.15, -0.1) is 0 Å². The summed E-state index contributed by atoms with van der Waals surface area (Å²) in [5.74, 6) is -1.13. The Bertz CT molecular complexity index is 582. The number of amides is 2. The fraction of sp³-hybridized carbons (Fsp3) is 0.333. The van der Waals surface area contributed by atoms with E-state index in [0.717, 1.165) is 0 Å². The smallest absolute Gasteiger partial charge is 0.328 e. The number of benzene rings is 1. The van der Waals surface area contributed by atoms with Gasteiger partial charge >= 0.3 is 12.0 Å². The van der Waals surface area contributed by atoms with Gasteiger partial charge in [0.15, 0.2) is 6.04 Å². The molecule has 1 aromatic carbocycles. The predicted octanol–water partition coefficient (Wildman–Crippen LogP) is 2.96. The molecule has 1 heterocycles. The second-order valence-electron chi connectivity index (χ2n) is 4.30. The normalized spacial score (nSPS) is 18.4. The molecule has 1 fully saturated rings. The lowest BCUT2D eigenvalue weighted by Crippen LogP contribution is -2.53. The molecule has 2 amide bonds. The monoisotopic (exact) mass is 352 g/mol. The molecule has 1 aromatic rings. The number of carboxylic acid groups (broad SMARTS) is 1. The van der Waals surface area contributed by atoms with Gasteiger partial charge < -0.3 is 20.1 Å². The van der Waals surface area contributed by atoms with E-state index in [9.17, 15) is 9.59 Å². The summed E-state index contributed by atoms with van der Waals surface area (Å²) in [4.78, 5) is 24.5. The molecule has 0 bridgehead atoms. The molecule has 0 radical (unpaired) electrons. The van der Waals surface area contributed by atoms with Crippen molar-refractivity contribution in [1.82, 2.24) is 4.90 Å². The van der Waals surface area contributed by atoms with Gasteiger partial charge in [0.1, 0.15) is 0 Å². The zero-order valence-corrected chi connectivity index (χ0v) is 12.9. The van der Waals surface area contributed by atoms with E-state index < -0.39 is 18.0 Å². The van der Waals surface area contributed by atoms with Crippen molar-refractivity contribution in [2.24, 2.45) is 0 Å². The maximum atomic E-state index is 12.2. The van der Waals surface area contributed by atoms with Crippen LogP contribution in [0.5, 0.6) is 0 Å². The highest BCUT2D eigenvalue weighted by Gasteiger charge is 2.33. The number of nitrogens with one attached hydrogen (secondary N) is 1. The lowest BCUT2D eigenvalue weighted by atomic mass is 10.2. The lowest BCUT2D eigenvalue weighted by Gasteiger charge is -2.32. The van der Waals surface area contributed by atoms with Gasteiger partial charge in [0.25, 0.3) is 0 Å². The highest BCUT2D eigenvalue weighted by atomic mass is 35.5. The molecule has 1 unspecified atom stereocenters. The van der Waals surface area contributed by atoms with Crippen LogP contribution in [0.1, 0.15) is 0 Å². The molecule has 1 aliphatic rings. The van der Waals surface area contributed by atoms with Gasteiger partial charge in [0.05, 0.1) is 34.0 Å². The first-order valence-corrected chi connectivity index (χ1v) is 7.06. The lowest BCUT2D eigenvalue weighted by molar-refractivity contribution is -0.147. The van der Waals surface area contributed by atoms with E-state index in [2.05, 4.69) is 5.32 Å². The van der Waals surface area contributed by atoms with Gasteiger partial charge in [0.2, 0.25) is 0 Å². The number of hydrogen-bond donors (Lipinski definition) is 2. The third-order valence-corrected chi connectivity index (χ3v) is 3.96.